The van der Waals surface area contributed by atoms with Crippen molar-refractivity contribution in [3.05, 3.63) is 63.5 Å². The van der Waals surface area contributed by atoms with Gasteiger partial charge in [-0.2, -0.15) is 0 Å². The first-order valence-corrected chi connectivity index (χ1v) is 10.4. The van der Waals surface area contributed by atoms with Gasteiger partial charge in [0.05, 0.1) is 4.88 Å². The van der Waals surface area contributed by atoms with Gasteiger partial charge in [0, 0.05) is 30.0 Å². The molecule has 3 aromatic rings. The summed E-state index contributed by atoms with van der Waals surface area (Å²) in [5.41, 5.74) is 2.41. The molecule has 3 aromatic heterocycles. The van der Waals surface area contributed by atoms with Crippen LogP contribution in [-0.4, -0.2) is 20.4 Å². The maximum absolute atomic E-state index is 12.6. The molecule has 1 amide bonds. The topological polar surface area (TPSA) is 59.8 Å². The van der Waals surface area contributed by atoms with E-state index in [1.165, 1.54) is 36.1 Å². The standard InChI is InChI=1S/C21H24N4OS/c1-15-22-10-11-25(15)20-12-16(8-9-23-20)14-24-21(26)19-13-17-6-4-2-3-5-7-18(17)27-19/h8-13H,2-7,14H2,1H3,(H,24,26). The average Bonchev–Trinajstić information content (AvgIpc) is 3.26. The highest BCUT2D eigenvalue weighted by atomic mass is 32.1. The number of thiophene rings is 1. The van der Waals surface area contributed by atoms with Gasteiger partial charge in [0.2, 0.25) is 0 Å². The fourth-order valence-corrected chi connectivity index (χ4v) is 4.72. The molecule has 4 rings (SSSR count). The van der Waals surface area contributed by atoms with Gasteiger partial charge in [-0.25, -0.2) is 9.97 Å². The third kappa shape index (κ3) is 4.11. The summed E-state index contributed by atoms with van der Waals surface area (Å²) in [5.74, 6) is 1.72. The van der Waals surface area contributed by atoms with Gasteiger partial charge in [0.25, 0.3) is 5.91 Å². The zero-order valence-corrected chi connectivity index (χ0v) is 16.4. The first-order chi connectivity index (χ1) is 13.2. The zero-order valence-electron chi connectivity index (χ0n) is 15.6. The number of aryl methyl sites for hydroxylation is 3. The number of imidazole rings is 1. The van der Waals surface area contributed by atoms with Crippen LogP contribution < -0.4 is 5.32 Å². The van der Waals surface area contributed by atoms with E-state index in [2.05, 4.69) is 21.4 Å². The minimum Gasteiger partial charge on any atom is -0.347 e. The van der Waals surface area contributed by atoms with Crippen molar-refractivity contribution < 1.29 is 4.79 Å². The molecule has 5 nitrogen and oxygen atoms in total. The predicted octanol–water partition coefficient (Wildman–Crippen LogP) is 4.23. The Morgan fingerprint density at radius 2 is 2.00 bits per heavy atom. The smallest absolute Gasteiger partial charge is 0.261 e. The van der Waals surface area contributed by atoms with E-state index in [0.29, 0.717) is 6.54 Å². The number of pyridine rings is 1. The summed E-state index contributed by atoms with van der Waals surface area (Å²) in [7, 11) is 0. The Bertz CT molecular complexity index is 918. The summed E-state index contributed by atoms with van der Waals surface area (Å²) in [6.07, 6.45) is 12.7. The molecule has 1 N–H and O–H groups in total. The SMILES string of the molecule is Cc1nccn1-c1cc(CNC(=O)c2cc3c(s2)CCCCCC3)ccn1. The first-order valence-electron chi connectivity index (χ1n) is 9.56. The van der Waals surface area contributed by atoms with Crippen LogP contribution in [0.3, 0.4) is 0 Å². The van der Waals surface area contributed by atoms with Gasteiger partial charge in [-0.15, -0.1) is 11.3 Å². The summed E-state index contributed by atoms with van der Waals surface area (Å²) in [6.45, 7) is 2.43. The fourth-order valence-electron chi connectivity index (χ4n) is 3.55. The maximum atomic E-state index is 12.6. The Morgan fingerprint density at radius 1 is 1.15 bits per heavy atom. The number of nitrogens with zero attached hydrogens (tertiary/aromatic N) is 3. The number of hydrogen-bond acceptors (Lipinski definition) is 4. The second-order valence-electron chi connectivity index (χ2n) is 7.02. The molecule has 6 heteroatoms. The van der Waals surface area contributed by atoms with Crippen molar-refractivity contribution in [2.75, 3.05) is 0 Å². The van der Waals surface area contributed by atoms with Gasteiger partial charge < -0.3 is 5.32 Å². The largest absolute Gasteiger partial charge is 0.347 e. The van der Waals surface area contributed by atoms with E-state index in [-0.39, 0.29) is 5.91 Å². The van der Waals surface area contributed by atoms with Crippen molar-refractivity contribution in [1.29, 1.82) is 0 Å². The van der Waals surface area contributed by atoms with Crippen LogP contribution in [0.15, 0.2) is 36.8 Å². The Morgan fingerprint density at radius 3 is 2.81 bits per heavy atom. The predicted molar refractivity (Wildman–Crippen MR) is 107 cm³/mol. The zero-order chi connectivity index (χ0) is 18.6. The van der Waals surface area contributed by atoms with Crippen molar-refractivity contribution in [3.63, 3.8) is 0 Å². The summed E-state index contributed by atoms with van der Waals surface area (Å²) in [5, 5.41) is 3.06. The van der Waals surface area contributed by atoms with E-state index in [1.807, 2.05) is 29.8 Å². The summed E-state index contributed by atoms with van der Waals surface area (Å²) in [6, 6.07) is 6.03. The molecule has 140 valence electrons. The van der Waals surface area contributed by atoms with Crippen LogP contribution in [0, 0.1) is 6.92 Å². The van der Waals surface area contributed by atoms with Gasteiger partial charge in [0.15, 0.2) is 0 Å². The van der Waals surface area contributed by atoms with Gasteiger partial charge >= 0.3 is 0 Å². The summed E-state index contributed by atoms with van der Waals surface area (Å²) < 4.78 is 1.94. The van der Waals surface area contributed by atoms with E-state index < -0.39 is 0 Å². The number of amides is 1. The number of aromatic nitrogens is 3. The average molecular weight is 381 g/mol. The second kappa shape index (κ2) is 8.05. The van der Waals surface area contributed by atoms with E-state index in [9.17, 15) is 4.79 Å². The number of carbonyl (C=O) groups is 1. The highest BCUT2D eigenvalue weighted by molar-refractivity contribution is 7.14. The Balaban J connectivity index is 1.44. The molecule has 0 unspecified atom stereocenters. The molecule has 0 fully saturated rings. The first kappa shape index (κ1) is 17.9. The van der Waals surface area contributed by atoms with E-state index >= 15 is 0 Å². The third-order valence-electron chi connectivity index (χ3n) is 5.06. The lowest BCUT2D eigenvalue weighted by molar-refractivity contribution is 0.0955. The molecule has 0 atom stereocenters. The molecular weight excluding hydrogens is 356 g/mol. The maximum Gasteiger partial charge on any atom is 0.261 e. The molecule has 0 spiro atoms. The van der Waals surface area contributed by atoms with Crippen molar-refractivity contribution >= 4 is 17.2 Å². The molecule has 0 radical (unpaired) electrons. The van der Waals surface area contributed by atoms with Crippen LogP contribution in [0.5, 0.6) is 0 Å². The summed E-state index contributed by atoms with van der Waals surface area (Å²) in [4.78, 5) is 23.5. The molecular formula is C21H24N4OS. The Hall–Kier alpha value is -2.47. The number of fused-ring (bicyclic) bond motifs is 1. The lowest BCUT2D eigenvalue weighted by Gasteiger charge is -2.07. The highest BCUT2D eigenvalue weighted by Gasteiger charge is 2.16. The minimum absolute atomic E-state index is 0.0175. The molecule has 0 aromatic carbocycles. The molecule has 0 aliphatic heterocycles. The molecule has 1 aliphatic carbocycles. The Kier molecular flexibility index (Phi) is 5.34. The van der Waals surface area contributed by atoms with Crippen LogP contribution in [0.1, 0.15) is 57.2 Å². The molecule has 27 heavy (non-hydrogen) atoms. The molecule has 1 aliphatic rings. The number of hydrogen-bond donors (Lipinski definition) is 1. The van der Waals surface area contributed by atoms with Crippen LogP contribution >= 0.6 is 11.3 Å². The van der Waals surface area contributed by atoms with E-state index in [0.717, 1.165) is 34.9 Å². The molecule has 0 bridgehead atoms. The number of carbonyl (C=O) groups excluding carboxylic acids is 1. The molecule has 0 saturated heterocycles. The van der Waals surface area contributed by atoms with Crippen LogP contribution in [0.25, 0.3) is 5.82 Å². The third-order valence-corrected chi connectivity index (χ3v) is 6.29. The second-order valence-corrected chi connectivity index (χ2v) is 8.16. The van der Waals surface area contributed by atoms with Crippen molar-refractivity contribution in [1.82, 2.24) is 19.9 Å². The van der Waals surface area contributed by atoms with Crippen molar-refractivity contribution in [2.24, 2.45) is 0 Å². The van der Waals surface area contributed by atoms with Gasteiger partial charge in [-0.3, -0.25) is 9.36 Å². The molecule has 0 saturated carbocycles. The van der Waals surface area contributed by atoms with Gasteiger partial charge in [-0.05, 0) is 61.9 Å². The lowest BCUT2D eigenvalue weighted by Crippen LogP contribution is -2.22. The quantitative estimate of drug-likeness (QED) is 0.737. The van der Waals surface area contributed by atoms with Crippen molar-refractivity contribution in [2.45, 2.75) is 52.0 Å². The van der Waals surface area contributed by atoms with Gasteiger partial charge in [0.1, 0.15) is 11.6 Å². The lowest BCUT2D eigenvalue weighted by atomic mass is 10.00. The molecule has 3 heterocycles. The normalized spacial score (nSPS) is 14.3. The van der Waals surface area contributed by atoms with Gasteiger partial charge in [-0.1, -0.05) is 12.8 Å². The number of rotatable bonds is 4. The fraction of sp³-hybridized carbons (Fsp3) is 0.381. The highest BCUT2D eigenvalue weighted by Crippen LogP contribution is 2.28. The van der Waals surface area contributed by atoms with Crippen LogP contribution in [0.4, 0.5) is 0 Å². The van der Waals surface area contributed by atoms with Crippen molar-refractivity contribution in [3.8, 4) is 5.82 Å². The van der Waals surface area contributed by atoms with Crippen LogP contribution in [-0.2, 0) is 19.4 Å². The minimum atomic E-state index is 0.0175. The van der Waals surface area contributed by atoms with Crippen LogP contribution in [0.2, 0.25) is 0 Å². The van der Waals surface area contributed by atoms with E-state index in [4.69, 9.17) is 0 Å². The van der Waals surface area contributed by atoms with E-state index in [1.54, 1.807) is 23.7 Å². The summed E-state index contributed by atoms with van der Waals surface area (Å²) >= 11 is 1.67. The monoisotopic (exact) mass is 380 g/mol. The Labute approximate surface area is 163 Å². The number of nitrogens with one attached hydrogen (secondary N) is 1.